The van der Waals surface area contributed by atoms with E-state index in [0.29, 0.717) is 32.1 Å². The molecule has 12 heteroatoms. The summed E-state index contributed by atoms with van der Waals surface area (Å²) < 4.78 is 0. The van der Waals surface area contributed by atoms with Crippen LogP contribution in [-0.2, 0) is 28.8 Å². The minimum atomic E-state index is -0.782. The van der Waals surface area contributed by atoms with Gasteiger partial charge in [0.05, 0.1) is 34.5 Å². The van der Waals surface area contributed by atoms with Gasteiger partial charge in [0.25, 0.3) is 0 Å². The third-order valence-electron chi connectivity index (χ3n) is 17.7. The molecule has 4 aromatic carbocycles. The average molecular weight is 927 g/mol. The largest absolute Gasteiger partial charge is 0.352 e. The summed E-state index contributed by atoms with van der Waals surface area (Å²) in [6.45, 7) is 0.607. The van der Waals surface area contributed by atoms with Crippen molar-refractivity contribution < 1.29 is 28.8 Å². The van der Waals surface area contributed by atoms with E-state index in [1.54, 1.807) is 9.80 Å². The van der Waals surface area contributed by atoms with Gasteiger partial charge < -0.3 is 31.1 Å². The normalized spacial score (nSPS) is 35.5. The first-order valence-electron chi connectivity index (χ1n) is 25.6. The van der Waals surface area contributed by atoms with Gasteiger partial charge in [-0.2, -0.15) is 0 Å². The fourth-order valence-electron chi connectivity index (χ4n) is 13.3. The number of nitrogens with one attached hydrogen (secondary N) is 4. The molecule has 6 saturated carbocycles. The second kappa shape index (κ2) is 17.3. The Balaban J connectivity index is 0.728. The van der Waals surface area contributed by atoms with E-state index in [2.05, 4.69) is 69.8 Å². The van der Waals surface area contributed by atoms with Crippen molar-refractivity contribution in [3.8, 4) is 0 Å². The number of nitrogens with zero attached hydrogens (tertiary/aromatic N) is 2. The number of fused-ring (bicyclic) bond motifs is 2. The molecule has 6 aliphatic carbocycles. The summed E-state index contributed by atoms with van der Waals surface area (Å²) in [4.78, 5) is 90.3. The van der Waals surface area contributed by atoms with Gasteiger partial charge in [-0.25, -0.2) is 0 Å². The third kappa shape index (κ3) is 8.41. The fourth-order valence-corrected chi connectivity index (χ4v) is 13.3. The molecule has 0 spiro atoms. The van der Waals surface area contributed by atoms with Crippen LogP contribution in [0.3, 0.4) is 0 Å². The second-order valence-electron chi connectivity index (χ2n) is 22.1. The summed E-state index contributed by atoms with van der Waals surface area (Å²) in [6, 6.07) is 40.5. The van der Waals surface area contributed by atoms with Gasteiger partial charge in [0, 0.05) is 74.0 Å². The number of hydrogen-bond acceptors (Lipinski definition) is 6. The Morgan fingerprint density at radius 3 is 0.826 bits per heavy atom. The molecular weight excluding hydrogens is 865 g/mol. The lowest BCUT2D eigenvalue weighted by Crippen LogP contribution is -2.43. The lowest BCUT2D eigenvalue weighted by molar-refractivity contribution is -0.141. The predicted octanol–water partition coefficient (Wildman–Crippen LogP) is 5.78. The molecular formula is C57H62N6O6. The summed E-state index contributed by atoms with van der Waals surface area (Å²) in [6.07, 6.45) is 5.87. The van der Waals surface area contributed by atoms with Crippen molar-refractivity contribution in [2.75, 3.05) is 26.2 Å². The first-order valence-corrected chi connectivity index (χ1v) is 25.6. The number of benzene rings is 4. The zero-order valence-electron chi connectivity index (χ0n) is 39.0. The van der Waals surface area contributed by atoms with E-state index < -0.39 is 34.5 Å². The van der Waals surface area contributed by atoms with Crippen LogP contribution >= 0.6 is 0 Å². The highest BCUT2D eigenvalue weighted by Crippen LogP contribution is 2.63. The maximum atomic E-state index is 15.0. The van der Waals surface area contributed by atoms with Crippen LogP contribution in [0.15, 0.2) is 121 Å². The summed E-state index contributed by atoms with van der Waals surface area (Å²) in [5.74, 6) is -2.80. The first kappa shape index (κ1) is 43.9. The Morgan fingerprint density at radius 2 is 0.594 bits per heavy atom. The fraction of sp³-hybridized carbons (Fsp3) is 0.474. The molecule has 2 unspecified atom stereocenters. The molecule has 0 radical (unpaired) electrons. The van der Waals surface area contributed by atoms with E-state index >= 15 is 0 Å². The van der Waals surface area contributed by atoms with Gasteiger partial charge in [0.2, 0.25) is 35.4 Å². The molecule has 356 valence electrons. The van der Waals surface area contributed by atoms with Gasteiger partial charge in [0.1, 0.15) is 0 Å². The lowest BCUT2D eigenvalue weighted by atomic mass is 9.80. The SMILES string of the molecule is O=C(NC1CC1c1ccccc1)[C@@H]1CN(C(=O)C23CCC(C(=O)N4C[C@@H](C(=O)N[C@H]5C[C@@H]5c5ccccc5)[C@H](C(=O)N[C@H]5C[C@@H]5c5ccccc5)C4)(CC2)C3)C[C@H]1C(=O)N[C@H]1C[C@@H]1c1ccccc1. The maximum absolute atomic E-state index is 15.0. The van der Waals surface area contributed by atoms with Crippen molar-refractivity contribution >= 4 is 35.4 Å². The Hall–Kier alpha value is -6.30. The highest BCUT2D eigenvalue weighted by atomic mass is 16.2. The second-order valence-corrected chi connectivity index (χ2v) is 22.1. The number of carbonyl (C=O) groups excluding carboxylic acids is 6. The van der Waals surface area contributed by atoms with Crippen molar-refractivity contribution in [3.63, 3.8) is 0 Å². The molecule has 4 aromatic rings. The van der Waals surface area contributed by atoms with Crippen LogP contribution in [0, 0.1) is 34.5 Å². The number of likely N-dealkylation sites (tertiary alicyclic amines) is 2. The molecule has 8 aliphatic rings. The van der Waals surface area contributed by atoms with Gasteiger partial charge in [-0.05, 0) is 80.0 Å². The highest BCUT2D eigenvalue weighted by Gasteiger charge is 2.64. The smallest absolute Gasteiger partial charge is 0.228 e. The summed E-state index contributed by atoms with van der Waals surface area (Å²) in [5, 5.41) is 13.0. The number of amides is 6. The van der Waals surface area contributed by atoms with E-state index in [-0.39, 0.29) is 109 Å². The number of hydrogen-bond donors (Lipinski definition) is 4. The Kier molecular flexibility index (Phi) is 11.0. The Labute approximate surface area is 403 Å². The molecule has 2 bridgehead atoms. The quantitative estimate of drug-likeness (QED) is 0.126. The van der Waals surface area contributed by atoms with Crippen LogP contribution in [0.4, 0.5) is 0 Å². The van der Waals surface area contributed by atoms with E-state index in [1.165, 1.54) is 22.3 Å². The van der Waals surface area contributed by atoms with E-state index in [1.807, 2.05) is 72.8 Å². The van der Waals surface area contributed by atoms with Crippen molar-refractivity contribution in [1.82, 2.24) is 31.1 Å². The van der Waals surface area contributed by atoms with Crippen LogP contribution in [0.25, 0.3) is 0 Å². The minimum absolute atomic E-state index is 0.0177. The highest BCUT2D eigenvalue weighted by molar-refractivity contribution is 5.95. The summed E-state index contributed by atoms with van der Waals surface area (Å²) in [7, 11) is 0. The molecule has 2 aliphatic heterocycles. The summed E-state index contributed by atoms with van der Waals surface area (Å²) in [5.41, 5.74) is 3.15. The molecule has 8 fully saturated rings. The van der Waals surface area contributed by atoms with Gasteiger partial charge in [0.15, 0.2) is 0 Å². The molecule has 2 heterocycles. The van der Waals surface area contributed by atoms with E-state index in [9.17, 15) is 28.8 Å². The number of carbonyl (C=O) groups is 6. The van der Waals surface area contributed by atoms with Gasteiger partial charge in [-0.1, -0.05) is 121 Å². The molecule has 12 nitrogen and oxygen atoms in total. The monoisotopic (exact) mass is 926 g/mol. The molecule has 0 aromatic heterocycles. The molecule has 12 rings (SSSR count). The first-order chi connectivity index (χ1) is 33.6. The van der Waals surface area contributed by atoms with Crippen LogP contribution in [-0.4, -0.2) is 95.6 Å². The van der Waals surface area contributed by atoms with Crippen LogP contribution in [0.1, 0.15) is 104 Å². The van der Waals surface area contributed by atoms with Gasteiger partial charge in [-0.3, -0.25) is 28.8 Å². The molecule has 2 saturated heterocycles. The third-order valence-corrected chi connectivity index (χ3v) is 17.7. The number of rotatable bonds is 14. The minimum Gasteiger partial charge on any atom is -0.352 e. The van der Waals surface area contributed by atoms with Crippen molar-refractivity contribution in [2.24, 2.45) is 34.5 Å². The topological polar surface area (TPSA) is 157 Å². The average Bonchev–Trinajstić information content (AvgIpc) is 4.37. The lowest BCUT2D eigenvalue weighted by Gasteiger charge is -2.31. The molecule has 6 amide bonds. The van der Waals surface area contributed by atoms with Crippen LogP contribution < -0.4 is 21.3 Å². The van der Waals surface area contributed by atoms with E-state index in [0.717, 1.165) is 25.7 Å². The van der Waals surface area contributed by atoms with Gasteiger partial charge in [-0.15, -0.1) is 0 Å². The predicted molar refractivity (Wildman–Crippen MR) is 258 cm³/mol. The Bertz CT molecular complexity index is 2310. The zero-order chi connectivity index (χ0) is 47.0. The summed E-state index contributed by atoms with van der Waals surface area (Å²) >= 11 is 0. The molecule has 4 N–H and O–H groups in total. The van der Waals surface area contributed by atoms with E-state index in [4.69, 9.17) is 0 Å². The van der Waals surface area contributed by atoms with Crippen molar-refractivity contribution in [1.29, 1.82) is 0 Å². The van der Waals surface area contributed by atoms with Crippen LogP contribution in [0.5, 0.6) is 0 Å². The maximum Gasteiger partial charge on any atom is 0.228 e. The van der Waals surface area contributed by atoms with Crippen molar-refractivity contribution in [2.45, 2.75) is 106 Å². The Morgan fingerprint density at radius 1 is 0.362 bits per heavy atom. The van der Waals surface area contributed by atoms with Crippen molar-refractivity contribution in [3.05, 3.63) is 144 Å². The molecule has 12 atom stereocenters. The van der Waals surface area contributed by atoms with Crippen LogP contribution in [0.2, 0.25) is 0 Å². The standard InChI is InChI=1S/C57H62N6O6/c64-50(58-46-25-38(46)34-13-5-1-6-14-34)42-29-62(30-43(42)51(65)59-47-26-39(47)35-15-7-2-8-16-35)54(68)56-21-23-57(33-56,24-22-56)55(69)63-31-44(52(66)60-48-27-40(48)36-17-9-3-10-18-36)45(32-63)53(67)61-49-28-41(49)37-19-11-4-12-20-37/h1-20,38-49H,21-33H2,(H,58,64)(H,59,65)(H,60,66)(H,61,67)/t38-,39-,40-,41?,42-,43-,44-,45-,46+,47+,48+,49?,56?,57?/m1/s1. The molecule has 69 heavy (non-hydrogen) atoms. The zero-order valence-corrected chi connectivity index (χ0v) is 39.0. The van der Waals surface area contributed by atoms with Gasteiger partial charge >= 0.3 is 0 Å².